The number of carbonyl (C=O) groups is 2. The minimum atomic E-state index is -0.645. The lowest BCUT2D eigenvalue weighted by Gasteiger charge is -2.25. The van der Waals surface area contributed by atoms with Gasteiger partial charge in [-0.3, -0.25) is 9.59 Å². The first-order valence-corrected chi connectivity index (χ1v) is 9.59. The van der Waals surface area contributed by atoms with Gasteiger partial charge in [0.05, 0.1) is 11.6 Å². The third kappa shape index (κ3) is 3.69. The molecule has 1 N–H and O–H groups in total. The maximum absolute atomic E-state index is 12.9. The van der Waals surface area contributed by atoms with Crippen LogP contribution in [0.5, 0.6) is 0 Å². The summed E-state index contributed by atoms with van der Waals surface area (Å²) in [5, 5.41) is 10.9. The molecule has 1 aliphatic rings. The Morgan fingerprint density at radius 1 is 0.793 bits per heavy atom. The van der Waals surface area contributed by atoms with Gasteiger partial charge in [-0.1, -0.05) is 91.0 Å². The number of hydrogen-bond donors (Lipinski definition) is 1. The van der Waals surface area contributed by atoms with E-state index in [1.165, 1.54) is 0 Å². The van der Waals surface area contributed by atoms with Crippen LogP contribution in [0.15, 0.2) is 96.6 Å². The third-order valence-corrected chi connectivity index (χ3v) is 5.19. The standard InChI is InChI=1S/C25H21NO3/c27-23(20-14-8-3-9-15-20)21-22(19-12-6-2-7-13-19)26(25(29)24(21)28)17-16-18-10-4-1-5-11-18/h1-15,22,27H,16-17H2. The number of carbonyl (C=O) groups excluding carboxylic acids is 2. The molecule has 0 aliphatic carbocycles. The Hall–Kier alpha value is -3.66. The van der Waals surface area contributed by atoms with E-state index < -0.39 is 17.7 Å². The maximum atomic E-state index is 12.9. The van der Waals surface area contributed by atoms with Crippen LogP contribution in [0, 0.1) is 0 Å². The first kappa shape index (κ1) is 18.7. The van der Waals surface area contributed by atoms with E-state index in [4.69, 9.17) is 0 Å². The number of nitrogens with zero attached hydrogens (tertiary/aromatic N) is 1. The van der Waals surface area contributed by atoms with E-state index >= 15 is 0 Å². The quantitative estimate of drug-likeness (QED) is 0.405. The topological polar surface area (TPSA) is 57.6 Å². The lowest BCUT2D eigenvalue weighted by Crippen LogP contribution is -2.31. The van der Waals surface area contributed by atoms with Gasteiger partial charge >= 0.3 is 0 Å². The second-order valence-corrected chi connectivity index (χ2v) is 7.00. The molecule has 1 amide bonds. The largest absolute Gasteiger partial charge is 0.507 e. The SMILES string of the molecule is O=C1C(=O)N(CCc2ccccc2)C(c2ccccc2)C1=C(O)c1ccccc1. The van der Waals surface area contributed by atoms with Gasteiger partial charge in [0.15, 0.2) is 0 Å². The highest BCUT2D eigenvalue weighted by molar-refractivity contribution is 6.46. The van der Waals surface area contributed by atoms with Crippen LogP contribution < -0.4 is 0 Å². The second kappa shape index (κ2) is 8.15. The smallest absolute Gasteiger partial charge is 0.295 e. The number of likely N-dealkylation sites (tertiary alicyclic amines) is 1. The zero-order valence-corrected chi connectivity index (χ0v) is 15.9. The number of aliphatic hydroxyl groups excluding tert-OH is 1. The molecule has 0 radical (unpaired) electrons. The van der Waals surface area contributed by atoms with Crippen LogP contribution in [0.2, 0.25) is 0 Å². The van der Waals surface area contributed by atoms with Crippen molar-refractivity contribution in [1.82, 2.24) is 4.90 Å². The van der Waals surface area contributed by atoms with Gasteiger partial charge in [-0.25, -0.2) is 0 Å². The van der Waals surface area contributed by atoms with Crippen LogP contribution in [0.25, 0.3) is 5.76 Å². The van der Waals surface area contributed by atoms with Crippen LogP contribution >= 0.6 is 0 Å². The number of rotatable bonds is 5. The number of ketones is 1. The van der Waals surface area contributed by atoms with Gasteiger partial charge < -0.3 is 10.0 Å². The fraction of sp³-hybridized carbons (Fsp3) is 0.120. The van der Waals surface area contributed by atoms with E-state index in [9.17, 15) is 14.7 Å². The molecule has 3 aromatic rings. The van der Waals surface area contributed by atoms with Crippen molar-refractivity contribution in [3.05, 3.63) is 113 Å². The molecule has 0 bridgehead atoms. The van der Waals surface area contributed by atoms with E-state index in [1.807, 2.05) is 66.7 Å². The Morgan fingerprint density at radius 3 is 1.97 bits per heavy atom. The van der Waals surface area contributed by atoms with E-state index in [2.05, 4.69) is 0 Å². The lowest BCUT2D eigenvalue weighted by molar-refractivity contribution is -0.139. The fourth-order valence-electron chi connectivity index (χ4n) is 3.74. The average molecular weight is 383 g/mol. The van der Waals surface area contributed by atoms with Crippen molar-refractivity contribution in [2.24, 2.45) is 0 Å². The molecule has 144 valence electrons. The maximum Gasteiger partial charge on any atom is 0.295 e. The highest BCUT2D eigenvalue weighted by atomic mass is 16.3. The first-order chi connectivity index (χ1) is 14.2. The summed E-state index contributed by atoms with van der Waals surface area (Å²) in [6.45, 7) is 0.389. The molecule has 0 aromatic heterocycles. The summed E-state index contributed by atoms with van der Waals surface area (Å²) in [5.41, 5.74) is 2.55. The molecule has 4 nitrogen and oxygen atoms in total. The van der Waals surface area contributed by atoms with Crippen molar-refractivity contribution in [1.29, 1.82) is 0 Å². The van der Waals surface area contributed by atoms with Gasteiger partial charge in [-0.15, -0.1) is 0 Å². The summed E-state index contributed by atoms with van der Waals surface area (Å²) >= 11 is 0. The normalized spacial score (nSPS) is 18.2. The van der Waals surface area contributed by atoms with Gasteiger partial charge in [-0.05, 0) is 17.5 Å². The minimum absolute atomic E-state index is 0.139. The minimum Gasteiger partial charge on any atom is -0.507 e. The monoisotopic (exact) mass is 383 g/mol. The van der Waals surface area contributed by atoms with Crippen LogP contribution in [-0.2, 0) is 16.0 Å². The van der Waals surface area contributed by atoms with Crippen LogP contribution in [0.4, 0.5) is 0 Å². The van der Waals surface area contributed by atoms with E-state index in [-0.39, 0.29) is 11.3 Å². The molecule has 1 atom stereocenters. The first-order valence-electron chi connectivity index (χ1n) is 9.59. The van der Waals surface area contributed by atoms with E-state index in [1.54, 1.807) is 29.2 Å². The predicted octanol–water partition coefficient (Wildman–Crippen LogP) is 4.35. The molecule has 29 heavy (non-hydrogen) atoms. The van der Waals surface area contributed by atoms with Gasteiger partial charge in [0.1, 0.15) is 5.76 Å². The second-order valence-electron chi connectivity index (χ2n) is 7.00. The summed E-state index contributed by atoms with van der Waals surface area (Å²) < 4.78 is 0. The summed E-state index contributed by atoms with van der Waals surface area (Å²) in [6, 6.07) is 27.5. The molecular formula is C25H21NO3. The Balaban J connectivity index is 1.76. The highest BCUT2D eigenvalue weighted by Crippen LogP contribution is 2.39. The molecule has 0 saturated carbocycles. The molecule has 1 heterocycles. The van der Waals surface area contributed by atoms with Gasteiger partial charge in [0.2, 0.25) is 0 Å². The molecule has 1 fully saturated rings. The number of hydrogen-bond acceptors (Lipinski definition) is 3. The van der Waals surface area contributed by atoms with Crippen LogP contribution in [0.1, 0.15) is 22.7 Å². The zero-order chi connectivity index (χ0) is 20.2. The van der Waals surface area contributed by atoms with Crippen molar-refractivity contribution in [3.63, 3.8) is 0 Å². The number of amides is 1. The summed E-state index contributed by atoms with van der Waals surface area (Å²) in [5.74, 6) is -1.36. The average Bonchev–Trinajstić information content (AvgIpc) is 3.04. The van der Waals surface area contributed by atoms with Gasteiger partial charge in [0, 0.05) is 12.1 Å². The zero-order valence-electron chi connectivity index (χ0n) is 15.9. The van der Waals surface area contributed by atoms with Crippen LogP contribution in [-0.4, -0.2) is 28.2 Å². The van der Waals surface area contributed by atoms with Gasteiger partial charge in [-0.2, -0.15) is 0 Å². The third-order valence-electron chi connectivity index (χ3n) is 5.19. The Kier molecular flexibility index (Phi) is 5.25. The Labute approximate surface area is 169 Å². The Bertz CT molecular complexity index is 1040. The summed E-state index contributed by atoms with van der Waals surface area (Å²) in [6.07, 6.45) is 0.628. The number of aliphatic hydroxyl groups is 1. The molecule has 1 aliphatic heterocycles. The molecule has 4 rings (SSSR count). The summed E-state index contributed by atoms with van der Waals surface area (Å²) in [7, 11) is 0. The molecular weight excluding hydrogens is 362 g/mol. The van der Waals surface area contributed by atoms with Crippen LogP contribution in [0.3, 0.4) is 0 Å². The van der Waals surface area contributed by atoms with Crippen molar-refractivity contribution in [3.8, 4) is 0 Å². The molecule has 1 unspecified atom stereocenters. The van der Waals surface area contributed by atoms with Gasteiger partial charge in [0.25, 0.3) is 11.7 Å². The van der Waals surface area contributed by atoms with Crippen molar-refractivity contribution >= 4 is 17.4 Å². The fourth-order valence-corrected chi connectivity index (χ4v) is 3.74. The lowest BCUT2D eigenvalue weighted by atomic mass is 9.95. The molecule has 0 spiro atoms. The van der Waals surface area contributed by atoms with E-state index in [0.717, 1.165) is 11.1 Å². The van der Waals surface area contributed by atoms with Crippen molar-refractivity contribution in [2.75, 3.05) is 6.54 Å². The molecule has 3 aromatic carbocycles. The summed E-state index contributed by atoms with van der Waals surface area (Å²) in [4.78, 5) is 27.4. The number of Topliss-reactive ketones (excluding diaryl/α,β-unsaturated/α-hetero) is 1. The molecule has 4 heteroatoms. The van der Waals surface area contributed by atoms with E-state index in [0.29, 0.717) is 18.5 Å². The Morgan fingerprint density at radius 2 is 1.34 bits per heavy atom. The van der Waals surface area contributed by atoms with Crippen molar-refractivity contribution in [2.45, 2.75) is 12.5 Å². The number of benzene rings is 3. The predicted molar refractivity (Wildman–Crippen MR) is 112 cm³/mol. The highest BCUT2D eigenvalue weighted by Gasteiger charge is 2.45. The van der Waals surface area contributed by atoms with Crippen molar-refractivity contribution < 1.29 is 14.7 Å². The molecule has 1 saturated heterocycles.